The summed E-state index contributed by atoms with van der Waals surface area (Å²) in [6, 6.07) is 13.7. The number of halogens is 4. The molecule has 0 atom stereocenters. The lowest BCUT2D eigenvalue weighted by Crippen LogP contribution is -2.05. The fourth-order valence-corrected chi connectivity index (χ4v) is 3.32. The normalized spacial score (nSPS) is 11.6. The Kier molecular flexibility index (Phi) is 5.75. The van der Waals surface area contributed by atoms with Crippen molar-refractivity contribution in [3.8, 4) is 11.3 Å². The molecule has 9 heteroatoms. The number of nitrogens with one attached hydrogen (secondary N) is 1. The Morgan fingerprint density at radius 1 is 1.03 bits per heavy atom. The SMILES string of the molecule is COCc1nc(Nc2ccc(C(F)(F)F)cc2)c2ccc(-c3ncccc3Cl)cc2n1. The summed E-state index contributed by atoms with van der Waals surface area (Å²) in [5.74, 6) is 0.879. The largest absolute Gasteiger partial charge is 0.416 e. The minimum atomic E-state index is -4.39. The molecule has 31 heavy (non-hydrogen) atoms. The van der Waals surface area contributed by atoms with Gasteiger partial charge in [-0.2, -0.15) is 13.2 Å². The van der Waals surface area contributed by atoms with Crippen molar-refractivity contribution >= 4 is 34.0 Å². The molecule has 0 amide bonds. The molecule has 0 fully saturated rings. The van der Waals surface area contributed by atoms with E-state index >= 15 is 0 Å². The molecule has 0 spiro atoms. The maximum absolute atomic E-state index is 12.8. The van der Waals surface area contributed by atoms with Crippen LogP contribution in [0.3, 0.4) is 0 Å². The van der Waals surface area contributed by atoms with Crippen LogP contribution in [0.15, 0.2) is 60.8 Å². The molecule has 158 valence electrons. The number of hydrogen-bond donors (Lipinski definition) is 1. The molecule has 0 saturated carbocycles. The quantitative estimate of drug-likeness (QED) is 0.394. The van der Waals surface area contributed by atoms with Crippen LogP contribution < -0.4 is 5.32 Å². The summed E-state index contributed by atoms with van der Waals surface area (Å²) in [6.45, 7) is 0.173. The highest BCUT2D eigenvalue weighted by Gasteiger charge is 2.30. The van der Waals surface area contributed by atoms with Crippen LogP contribution in [0, 0.1) is 0 Å². The van der Waals surface area contributed by atoms with Crippen molar-refractivity contribution in [3.63, 3.8) is 0 Å². The smallest absolute Gasteiger partial charge is 0.377 e. The Labute approximate surface area is 180 Å². The number of pyridine rings is 1. The Bertz CT molecular complexity index is 1230. The highest BCUT2D eigenvalue weighted by atomic mass is 35.5. The number of aromatic nitrogens is 3. The number of benzene rings is 2. The number of fused-ring (bicyclic) bond motifs is 1. The molecule has 0 unspecified atom stereocenters. The van der Waals surface area contributed by atoms with Gasteiger partial charge in [-0.25, -0.2) is 9.97 Å². The van der Waals surface area contributed by atoms with E-state index in [0.29, 0.717) is 38.9 Å². The molecule has 1 N–H and O–H groups in total. The van der Waals surface area contributed by atoms with E-state index in [9.17, 15) is 13.2 Å². The van der Waals surface area contributed by atoms with Crippen molar-refractivity contribution in [2.75, 3.05) is 12.4 Å². The third kappa shape index (κ3) is 4.60. The predicted molar refractivity (Wildman–Crippen MR) is 113 cm³/mol. The van der Waals surface area contributed by atoms with Crippen LogP contribution in [-0.4, -0.2) is 22.1 Å². The van der Waals surface area contributed by atoms with E-state index in [1.165, 1.54) is 19.2 Å². The average molecular weight is 445 g/mol. The number of methoxy groups -OCH3 is 1. The highest BCUT2D eigenvalue weighted by Crippen LogP contribution is 2.33. The lowest BCUT2D eigenvalue weighted by Gasteiger charge is -2.13. The molecule has 0 aliphatic rings. The van der Waals surface area contributed by atoms with Crippen LogP contribution in [0.1, 0.15) is 11.4 Å². The van der Waals surface area contributed by atoms with Crippen LogP contribution in [0.2, 0.25) is 5.02 Å². The standard InChI is InChI=1S/C22H16ClF3N4O/c1-31-12-19-29-18-11-13(20-17(23)3-2-10-27-20)4-9-16(18)21(30-19)28-15-7-5-14(6-8-15)22(24,25)26/h2-11H,12H2,1H3,(H,28,29,30). The molecule has 5 nitrogen and oxygen atoms in total. The molecule has 0 saturated heterocycles. The first-order chi connectivity index (χ1) is 14.8. The maximum atomic E-state index is 12.8. The van der Waals surface area contributed by atoms with Gasteiger partial charge in [-0.1, -0.05) is 17.7 Å². The van der Waals surface area contributed by atoms with Crippen LogP contribution in [-0.2, 0) is 17.5 Å². The van der Waals surface area contributed by atoms with E-state index in [2.05, 4.69) is 20.3 Å². The zero-order valence-electron chi connectivity index (χ0n) is 16.2. The summed E-state index contributed by atoms with van der Waals surface area (Å²) in [7, 11) is 1.53. The number of alkyl halides is 3. The first-order valence-electron chi connectivity index (χ1n) is 9.20. The van der Waals surface area contributed by atoms with Crippen LogP contribution >= 0.6 is 11.6 Å². The summed E-state index contributed by atoms with van der Waals surface area (Å²) in [4.78, 5) is 13.3. The monoisotopic (exact) mass is 444 g/mol. The maximum Gasteiger partial charge on any atom is 0.416 e. The average Bonchev–Trinajstić information content (AvgIpc) is 2.74. The van der Waals surface area contributed by atoms with Gasteiger partial charge in [-0.05, 0) is 48.5 Å². The fraction of sp³-hybridized carbons (Fsp3) is 0.136. The molecule has 4 aromatic rings. The molecule has 2 aromatic heterocycles. The summed E-state index contributed by atoms with van der Waals surface area (Å²) >= 11 is 6.27. The lowest BCUT2D eigenvalue weighted by atomic mass is 10.1. The van der Waals surface area contributed by atoms with E-state index in [4.69, 9.17) is 16.3 Å². The number of nitrogens with zero attached hydrogens (tertiary/aromatic N) is 3. The number of ether oxygens (including phenoxy) is 1. The second kappa shape index (κ2) is 8.49. The Hall–Kier alpha value is -3.23. The molecule has 2 heterocycles. The van der Waals surface area contributed by atoms with Gasteiger partial charge in [0, 0.05) is 29.9 Å². The molecule has 0 aliphatic heterocycles. The topological polar surface area (TPSA) is 59.9 Å². The van der Waals surface area contributed by atoms with Gasteiger partial charge < -0.3 is 10.1 Å². The Morgan fingerprint density at radius 2 is 1.81 bits per heavy atom. The van der Waals surface area contributed by atoms with Crippen LogP contribution in [0.4, 0.5) is 24.7 Å². The van der Waals surface area contributed by atoms with Gasteiger partial charge in [0.15, 0.2) is 5.82 Å². The molecule has 2 aromatic carbocycles. The van der Waals surface area contributed by atoms with Gasteiger partial charge in [0.25, 0.3) is 0 Å². The van der Waals surface area contributed by atoms with Crippen molar-refractivity contribution < 1.29 is 17.9 Å². The van der Waals surface area contributed by atoms with Gasteiger partial charge >= 0.3 is 6.18 Å². The minimum absolute atomic E-state index is 0.173. The zero-order valence-corrected chi connectivity index (χ0v) is 17.0. The molecular formula is C22H16ClF3N4O. The van der Waals surface area contributed by atoms with Crippen molar-refractivity contribution in [2.24, 2.45) is 0 Å². The number of hydrogen-bond acceptors (Lipinski definition) is 5. The summed E-state index contributed by atoms with van der Waals surface area (Å²) < 4.78 is 43.6. The van der Waals surface area contributed by atoms with Gasteiger partial charge in [0.05, 0.1) is 21.8 Å². The second-order valence-electron chi connectivity index (χ2n) is 6.69. The van der Waals surface area contributed by atoms with E-state index in [1.54, 1.807) is 18.3 Å². The van der Waals surface area contributed by atoms with E-state index in [1.807, 2.05) is 18.2 Å². The van der Waals surface area contributed by atoms with Gasteiger partial charge in [-0.15, -0.1) is 0 Å². The van der Waals surface area contributed by atoms with Crippen molar-refractivity contribution in [1.29, 1.82) is 0 Å². The summed E-state index contributed by atoms with van der Waals surface area (Å²) in [5, 5.41) is 4.28. The summed E-state index contributed by atoms with van der Waals surface area (Å²) in [5.41, 5.74) is 1.77. The first kappa shape index (κ1) is 21.0. The molecule has 0 aliphatic carbocycles. The van der Waals surface area contributed by atoms with Crippen LogP contribution in [0.5, 0.6) is 0 Å². The van der Waals surface area contributed by atoms with E-state index in [-0.39, 0.29) is 6.61 Å². The zero-order chi connectivity index (χ0) is 22.0. The third-order valence-corrected chi connectivity index (χ3v) is 4.83. The summed E-state index contributed by atoms with van der Waals surface area (Å²) in [6.07, 6.45) is -2.74. The molecule has 0 bridgehead atoms. The van der Waals surface area contributed by atoms with Crippen LogP contribution in [0.25, 0.3) is 22.2 Å². The molecule has 0 radical (unpaired) electrons. The Morgan fingerprint density at radius 3 is 2.48 bits per heavy atom. The lowest BCUT2D eigenvalue weighted by molar-refractivity contribution is -0.137. The Balaban J connectivity index is 1.76. The van der Waals surface area contributed by atoms with Gasteiger partial charge in [-0.3, -0.25) is 4.98 Å². The number of anilines is 2. The molecular weight excluding hydrogens is 429 g/mol. The fourth-order valence-electron chi connectivity index (χ4n) is 3.09. The van der Waals surface area contributed by atoms with E-state index < -0.39 is 11.7 Å². The predicted octanol–water partition coefficient (Wildman–Crippen LogP) is 6.25. The van der Waals surface area contributed by atoms with E-state index in [0.717, 1.165) is 17.7 Å². The van der Waals surface area contributed by atoms with Crippen molar-refractivity contribution in [2.45, 2.75) is 12.8 Å². The first-order valence-corrected chi connectivity index (χ1v) is 9.58. The van der Waals surface area contributed by atoms with Gasteiger partial charge in [0.1, 0.15) is 12.4 Å². The highest BCUT2D eigenvalue weighted by molar-refractivity contribution is 6.33. The second-order valence-corrected chi connectivity index (χ2v) is 7.09. The third-order valence-electron chi connectivity index (χ3n) is 4.52. The van der Waals surface area contributed by atoms with Gasteiger partial charge in [0.2, 0.25) is 0 Å². The number of rotatable bonds is 5. The van der Waals surface area contributed by atoms with Crippen molar-refractivity contribution in [1.82, 2.24) is 15.0 Å². The molecule has 4 rings (SSSR count). The van der Waals surface area contributed by atoms with Crippen molar-refractivity contribution in [3.05, 3.63) is 77.2 Å². The minimum Gasteiger partial charge on any atom is -0.377 e.